The second-order valence-electron chi connectivity index (χ2n) is 10.6. The molecule has 40 heavy (non-hydrogen) atoms. The summed E-state index contributed by atoms with van der Waals surface area (Å²) < 4.78 is 0. The van der Waals surface area contributed by atoms with Gasteiger partial charge in [-0.15, -0.1) is 0 Å². The lowest BCUT2D eigenvalue weighted by Gasteiger charge is -2.23. The van der Waals surface area contributed by atoms with Gasteiger partial charge in [-0.2, -0.15) is 0 Å². The van der Waals surface area contributed by atoms with Crippen LogP contribution in [0.5, 0.6) is 0 Å². The topological polar surface area (TPSA) is 139 Å². The van der Waals surface area contributed by atoms with Crippen LogP contribution in [0.4, 0.5) is 0 Å². The zero-order chi connectivity index (χ0) is 29.1. The largest absolute Gasteiger partial charge is 0.481 e. The van der Waals surface area contributed by atoms with E-state index in [-0.39, 0.29) is 31.1 Å². The van der Waals surface area contributed by atoms with Gasteiger partial charge < -0.3 is 21.5 Å². The molecule has 2 aromatic carbocycles. The van der Waals surface area contributed by atoms with Gasteiger partial charge in [0.1, 0.15) is 12.1 Å². The van der Waals surface area contributed by atoms with Crippen LogP contribution in [0, 0.1) is 5.92 Å². The van der Waals surface area contributed by atoms with Gasteiger partial charge in [-0.05, 0) is 65.9 Å². The first-order chi connectivity index (χ1) is 19.1. The number of hydrogen-bond donors (Lipinski definition) is 4. The molecule has 3 rings (SSSR count). The molecule has 0 saturated carbocycles. The number of nitrogens with two attached hydrogens (primary N) is 1. The fourth-order valence-electron chi connectivity index (χ4n) is 4.71. The SMILES string of the molecule is CC(C)CC(NC(=O)CCc1ccc(C2=CC=C(c3ccccc3)CC2)cc1)C(=O)NC(CCC(=O)O)C(N)=O. The summed E-state index contributed by atoms with van der Waals surface area (Å²) >= 11 is 0. The van der Waals surface area contributed by atoms with Crippen molar-refractivity contribution in [3.63, 3.8) is 0 Å². The molecule has 0 spiro atoms. The number of primary amides is 1. The number of aliphatic carboxylic acids is 1. The third kappa shape index (κ3) is 9.52. The van der Waals surface area contributed by atoms with Crippen molar-refractivity contribution in [1.82, 2.24) is 10.6 Å². The Hall–Kier alpha value is -4.20. The van der Waals surface area contributed by atoms with E-state index in [0.717, 1.165) is 24.0 Å². The Balaban J connectivity index is 1.55. The molecule has 0 saturated heterocycles. The van der Waals surface area contributed by atoms with Gasteiger partial charge in [0.15, 0.2) is 0 Å². The fourth-order valence-corrected chi connectivity index (χ4v) is 4.71. The Morgan fingerprint density at radius 1 is 0.825 bits per heavy atom. The first kappa shape index (κ1) is 30.3. The molecule has 2 atom stereocenters. The maximum atomic E-state index is 12.8. The van der Waals surface area contributed by atoms with Crippen LogP contribution in [0.3, 0.4) is 0 Å². The number of carboxylic acids is 1. The average Bonchev–Trinajstić information content (AvgIpc) is 2.94. The van der Waals surface area contributed by atoms with E-state index in [1.807, 2.05) is 32.0 Å². The van der Waals surface area contributed by atoms with E-state index >= 15 is 0 Å². The van der Waals surface area contributed by atoms with Crippen LogP contribution in [0.1, 0.15) is 69.1 Å². The number of hydrogen-bond acceptors (Lipinski definition) is 4. The predicted molar refractivity (Wildman–Crippen MR) is 156 cm³/mol. The Morgan fingerprint density at radius 2 is 1.43 bits per heavy atom. The molecule has 2 aromatic rings. The van der Waals surface area contributed by atoms with E-state index in [9.17, 15) is 19.2 Å². The molecule has 0 bridgehead atoms. The molecule has 0 radical (unpaired) electrons. The third-order valence-electron chi connectivity index (χ3n) is 6.93. The van der Waals surface area contributed by atoms with E-state index in [2.05, 4.69) is 59.2 Å². The van der Waals surface area contributed by atoms with Crippen molar-refractivity contribution in [3.8, 4) is 0 Å². The van der Waals surface area contributed by atoms with Gasteiger partial charge in [-0.1, -0.05) is 80.6 Å². The summed E-state index contributed by atoms with van der Waals surface area (Å²) in [4.78, 5) is 48.1. The fraction of sp³-hybridized carbons (Fsp3) is 0.375. The lowest BCUT2D eigenvalue weighted by atomic mass is 9.89. The molecule has 5 N–H and O–H groups in total. The molecule has 1 aliphatic carbocycles. The van der Waals surface area contributed by atoms with Gasteiger partial charge in [-0.3, -0.25) is 19.2 Å². The number of carbonyl (C=O) groups excluding carboxylic acids is 3. The highest BCUT2D eigenvalue weighted by Crippen LogP contribution is 2.31. The maximum absolute atomic E-state index is 12.8. The monoisotopic (exact) mass is 545 g/mol. The number of amides is 3. The van der Waals surface area contributed by atoms with Gasteiger partial charge in [0.05, 0.1) is 0 Å². The van der Waals surface area contributed by atoms with Crippen molar-refractivity contribution in [1.29, 1.82) is 0 Å². The van der Waals surface area contributed by atoms with E-state index in [1.165, 1.54) is 16.7 Å². The van der Waals surface area contributed by atoms with Crippen molar-refractivity contribution in [3.05, 3.63) is 83.4 Å². The van der Waals surface area contributed by atoms with E-state index in [1.54, 1.807) is 0 Å². The van der Waals surface area contributed by atoms with Crippen molar-refractivity contribution in [2.75, 3.05) is 0 Å². The lowest BCUT2D eigenvalue weighted by Crippen LogP contribution is -2.53. The van der Waals surface area contributed by atoms with Gasteiger partial charge in [0.2, 0.25) is 17.7 Å². The average molecular weight is 546 g/mol. The number of aryl methyl sites for hydroxylation is 1. The summed E-state index contributed by atoms with van der Waals surface area (Å²) in [5, 5.41) is 14.2. The highest BCUT2D eigenvalue weighted by atomic mass is 16.4. The zero-order valence-electron chi connectivity index (χ0n) is 23.2. The quantitative estimate of drug-likeness (QED) is 0.281. The first-order valence-corrected chi connectivity index (χ1v) is 13.8. The number of carbonyl (C=O) groups is 4. The van der Waals surface area contributed by atoms with Gasteiger partial charge in [0, 0.05) is 12.8 Å². The molecule has 1 aliphatic rings. The molecule has 212 valence electrons. The summed E-state index contributed by atoms with van der Waals surface area (Å²) in [7, 11) is 0. The number of carboxylic acid groups (broad SMARTS) is 1. The number of nitrogens with one attached hydrogen (secondary N) is 2. The lowest BCUT2D eigenvalue weighted by molar-refractivity contribution is -0.138. The Bertz CT molecular complexity index is 1250. The maximum Gasteiger partial charge on any atom is 0.303 e. The van der Waals surface area contributed by atoms with Crippen LogP contribution in [0.2, 0.25) is 0 Å². The van der Waals surface area contributed by atoms with Crippen molar-refractivity contribution >= 4 is 34.8 Å². The van der Waals surface area contributed by atoms with Crippen LogP contribution < -0.4 is 16.4 Å². The van der Waals surface area contributed by atoms with Gasteiger partial charge in [-0.25, -0.2) is 0 Å². The molecule has 0 aliphatic heterocycles. The van der Waals surface area contributed by atoms with E-state index in [0.29, 0.717) is 12.8 Å². The zero-order valence-corrected chi connectivity index (χ0v) is 23.2. The number of allylic oxidation sites excluding steroid dienone is 4. The van der Waals surface area contributed by atoms with Gasteiger partial charge in [0.25, 0.3) is 0 Å². The molecule has 3 amide bonds. The Labute approximate surface area is 235 Å². The molecular weight excluding hydrogens is 506 g/mol. The Morgan fingerprint density at radius 3 is 1.95 bits per heavy atom. The van der Waals surface area contributed by atoms with Crippen LogP contribution in [-0.4, -0.2) is 40.9 Å². The minimum absolute atomic E-state index is 0.0994. The van der Waals surface area contributed by atoms with Crippen molar-refractivity contribution in [2.24, 2.45) is 11.7 Å². The van der Waals surface area contributed by atoms with Crippen molar-refractivity contribution < 1.29 is 24.3 Å². The number of benzene rings is 2. The third-order valence-corrected chi connectivity index (χ3v) is 6.93. The van der Waals surface area contributed by atoms with Crippen LogP contribution in [0.15, 0.2) is 66.7 Å². The first-order valence-electron chi connectivity index (χ1n) is 13.8. The van der Waals surface area contributed by atoms with E-state index in [4.69, 9.17) is 10.8 Å². The predicted octanol–water partition coefficient (Wildman–Crippen LogP) is 4.25. The molecule has 2 unspecified atom stereocenters. The molecule has 0 fully saturated rings. The number of rotatable bonds is 14. The molecule has 0 aromatic heterocycles. The minimum Gasteiger partial charge on any atom is -0.481 e. The van der Waals surface area contributed by atoms with Crippen LogP contribution in [-0.2, 0) is 25.6 Å². The Kier molecular flexibility index (Phi) is 11.2. The summed E-state index contributed by atoms with van der Waals surface area (Å²) in [5.41, 5.74) is 11.4. The smallest absolute Gasteiger partial charge is 0.303 e. The highest BCUT2D eigenvalue weighted by molar-refractivity contribution is 5.91. The molecule has 0 heterocycles. The highest BCUT2D eigenvalue weighted by Gasteiger charge is 2.26. The summed E-state index contributed by atoms with van der Waals surface area (Å²) in [6, 6.07) is 16.6. The van der Waals surface area contributed by atoms with Gasteiger partial charge >= 0.3 is 5.97 Å². The summed E-state index contributed by atoms with van der Waals surface area (Å²) in [6.45, 7) is 3.84. The molecule has 8 nitrogen and oxygen atoms in total. The molecular formula is C32H39N3O5. The standard InChI is InChI=1S/C32H39N3O5/c1-21(2)20-28(32(40)35-27(31(33)39)17-19-30(37)38)34-29(36)18-10-22-8-11-24(12-9-22)26-15-13-25(14-16-26)23-6-4-3-5-7-23/h3-9,11-13,15,21,27-28H,10,14,16-20H2,1-2H3,(H2,33,39)(H,34,36)(H,35,40)(H,37,38). The normalized spacial score (nSPS) is 14.5. The van der Waals surface area contributed by atoms with Crippen LogP contribution >= 0.6 is 0 Å². The van der Waals surface area contributed by atoms with Crippen molar-refractivity contribution in [2.45, 2.75) is 70.9 Å². The minimum atomic E-state index is -1.12. The summed E-state index contributed by atoms with van der Waals surface area (Å²) in [6.07, 6.45) is 6.98. The second-order valence-corrected chi connectivity index (χ2v) is 10.6. The van der Waals surface area contributed by atoms with Crippen LogP contribution in [0.25, 0.3) is 11.1 Å². The molecule has 8 heteroatoms. The second kappa shape index (κ2) is 14.8. The van der Waals surface area contributed by atoms with E-state index < -0.39 is 29.9 Å². The summed E-state index contributed by atoms with van der Waals surface area (Å²) in [5.74, 6) is -2.64.